The van der Waals surface area contributed by atoms with Crippen molar-refractivity contribution in [2.24, 2.45) is 7.05 Å². The Morgan fingerprint density at radius 2 is 2.17 bits per heavy atom. The number of hydrogen-bond acceptors (Lipinski definition) is 2. The number of aromatic nitrogens is 2. The maximum Gasteiger partial charge on any atom is 0.123 e. The predicted octanol–water partition coefficient (Wildman–Crippen LogP) is 2.20. The van der Waals surface area contributed by atoms with Crippen molar-refractivity contribution in [1.82, 2.24) is 15.1 Å². The molecule has 0 aliphatic heterocycles. The molecule has 96 valence electrons. The van der Waals surface area contributed by atoms with E-state index < -0.39 is 0 Å². The molecule has 0 bridgehead atoms. The Labute approximate surface area is 107 Å². The zero-order valence-electron chi connectivity index (χ0n) is 10.8. The second kappa shape index (κ2) is 5.78. The van der Waals surface area contributed by atoms with E-state index in [1.54, 1.807) is 10.7 Å². The number of aryl methyl sites for hydroxylation is 2. The largest absolute Gasteiger partial charge is 0.311 e. The zero-order chi connectivity index (χ0) is 13.0. The third kappa shape index (κ3) is 3.40. The Bertz CT molecular complexity index is 520. The lowest BCUT2D eigenvalue weighted by Gasteiger charge is -2.06. The smallest absolute Gasteiger partial charge is 0.123 e. The highest BCUT2D eigenvalue weighted by molar-refractivity contribution is 5.26. The first-order valence-corrected chi connectivity index (χ1v) is 6.09. The van der Waals surface area contributed by atoms with Crippen LogP contribution in [0, 0.1) is 12.7 Å². The van der Waals surface area contributed by atoms with Crippen LogP contribution in [-0.4, -0.2) is 16.3 Å². The van der Waals surface area contributed by atoms with E-state index in [0.717, 1.165) is 30.8 Å². The first-order valence-electron chi connectivity index (χ1n) is 6.09. The molecule has 0 saturated heterocycles. The summed E-state index contributed by atoms with van der Waals surface area (Å²) >= 11 is 0. The summed E-state index contributed by atoms with van der Waals surface area (Å²) < 4.78 is 14.7. The van der Waals surface area contributed by atoms with Gasteiger partial charge in [-0.3, -0.25) is 4.68 Å². The van der Waals surface area contributed by atoms with Crippen LogP contribution in [0.2, 0.25) is 0 Å². The van der Waals surface area contributed by atoms with Gasteiger partial charge in [0.05, 0.1) is 5.69 Å². The Morgan fingerprint density at radius 1 is 1.33 bits per heavy atom. The van der Waals surface area contributed by atoms with Crippen LogP contribution in [0.15, 0.2) is 30.5 Å². The van der Waals surface area contributed by atoms with Crippen LogP contribution < -0.4 is 5.32 Å². The van der Waals surface area contributed by atoms with Crippen LogP contribution in [0.4, 0.5) is 4.39 Å². The average molecular weight is 247 g/mol. The monoisotopic (exact) mass is 247 g/mol. The van der Waals surface area contributed by atoms with Gasteiger partial charge >= 0.3 is 0 Å². The molecule has 1 heterocycles. The van der Waals surface area contributed by atoms with Crippen LogP contribution in [0.1, 0.15) is 16.8 Å². The molecule has 0 aliphatic rings. The molecule has 0 radical (unpaired) electrons. The van der Waals surface area contributed by atoms with Gasteiger partial charge in [0.15, 0.2) is 0 Å². The fraction of sp³-hybridized carbons (Fsp3) is 0.357. The van der Waals surface area contributed by atoms with E-state index in [4.69, 9.17) is 0 Å². The van der Waals surface area contributed by atoms with E-state index >= 15 is 0 Å². The minimum atomic E-state index is -0.169. The van der Waals surface area contributed by atoms with E-state index in [0.29, 0.717) is 0 Å². The lowest BCUT2D eigenvalue weighted by molar-refractivity contribution is 0.623. The quantitative estimate of drug-likeness (QED) is 0.821. The summed E-state index contributed by atoms with van der Waals surface area (Å²) in [5.74, 6) is -0.169. The first kappa shape index (κ1) is 12.8. The molecule has 0 fully saturated rings. The number of benzene rings is 1. The van der Waals surface area contributed by atoms with Crippen molar-refractivity contribution >= 4 is 0 Å². The highest BCUT2D eigenvalue weighted by atomic mass is 19.1. The second-order valence-electron chi connectivity index (χ2n) is 4.48. The summed E-state index contributed by atoms with van der Waals surface area (Å²) in [6.45, 7) is 3.57. The summed E-state index contributed by atoms with van der Waals surface area (Å²) in [6, 6.07) is 6.94. The molecule has 0 spiro atoms. The van der Waals surface area contributed by atoms with Crippen LogP contribution in [-0.2, 0) is 20.0 Å². The van der Waals surface area contributed by atoms with E-state index in [1.165, 1.54) is 11.6 Å². The standard InChI is InChI=1S/C14H18FN3/c1-11-9-13(15)4-3-12(11)5-7-16-10-14-6-8-18(2)17-14/h3-4,6,8-9,16H,5,7,10H2,1-2H3. The first-order chi connectivity index (χ1) is 8.65. The van der Waals surface area contributed by atoms with Gasteiger partial charge in [-0.2, -0.15) is 5.10 Å². The van der Waals surface area contributed by atoms with Crippen molar-refractivity contribution < 1.29 is 4.39 Å². The van der Waals surface area contributed by atoms with Crippen molar-refractivity contribution in [3.8, 4) is 0 Å². The summed E-state index contributed by atoms with van der Waals surface area (Å²) in [5.41, 5.74) is 3.23. The lowest BCUT2D eigenvalue weighted by Crippen LogP contribution is -2.17. The molecule has 4 heteroatoms. The van der Waals surface area contributed by atoms with E-state index in [2.05, 4.69) is 10.4 Å². The van der Waals surface area contributed by atoms with Crippen LogP contribution in [0.25, 0.3) is 0 Å². The minimum Gasteiger partial charge on any atom is -0.311 e. The molecule has 18 heavy (non-hydrogen) atoms. The van der Waals surface area contributed by atoms with Crippen molar-refractivity contribution in [3.05, 3.63) is 53.1 Å². The molecular formula is C14H18FN3. The topological polar surface area (TPSA) is 29.9 Å². The Hall–Kier alpha value is -1.68. The molecule has 0 atom stereocenters. The molecule has 0 amide bonds. The molecule has 1 aromatic carbocycles. The Kier molecular flexibility index (Phi) is 4.10. The molecule has 3 nitrogen and oxygen atoms in total. The van der Waals surface area contributed by atoms with Crippen molar-refractivity contribution in [1.29, 1.82) is 0 Å². The molecule has 2 rings (SSSR count). The lowest BCUT2D eigenvalue weighted by atomic mass is 10.1. The normalized spacial score (nSPS) is 10.8. The predicted molar refractivity (Wildman–Crippen MR) is 69.8 cm³/mol. The number of nitrogens with one attached hydrogen (secondary N) is 1. The van der Waals surface area contributed by atoms with Gasteiger partial charge in [0.25, 0.3) is 0 Å². The number of halogens is 1. The highest BCUT2D eigenvalue weighted by Crippen LogP contribution is 2.10. The Balaban J connectivity index is 1.78. The van der Waals surface area contributed by atoms with Gasteiger partial charge < -0.3 is 5.32 Å². The zero-order valence-corrected chi connectivity index (χ0v) is 10.8. The minimum absolute atomic E-state index is 0.169. The van der Waals surface area contributed by atoms with E-state index in [-0.39, 0.29) is 5.82 Å². The summed E-state index contributed by atoms with van der Waals surface area (Å²) in [4.78, 5) is 0. The van der Waals surface area contributed by atoms with Crippen LogP contribution >= 0.6 is 0 Å². The maximum atomic E-state index is 12.9. The average Bonchev–Trinajstić information content (AvgIpc) is 2.73. The SMILES string of the molecule is Cc1cc(F)ccc1CCNCc1ccn(C)n1. The third-order valence-electron chi connectivity index (χ3n) is 2.95. The van der Waals surface area contributed by atoms with Crippen molar-refractivity contribution in [3.63, 3.8) is 0 Å². The molecule has 1 aromatic heterocycles. The van der Waals surface area contributed by atoms with Crippen LogP contribution in [0.3, 0.4) is 0 Å². The molecule has 2 aromatic rings. The van der Waals surface area contributed by atoms with Gasteiger partial charge in [-0.25, -0.2) is 4.39 Å². The van der Waals surface area contributed by atoms with Gasteiger partial charge in [-0.1, -0.05) is 6.07 Å². The van der Waals surface area contributed by atoms with Gasteiger partial charge in [-0.15, -0.1) is 0 Å². The number of rotatable bonds is 5. The third-order valence-corrected chi connectivity index (χ3v) is 2.95. The second-order valence-corrected chi connectivity index (χ2v) is 4.48. The van der Waals surface area contributed by atoms with Gasteiger partial charge in [0.1, 0.15) is 5.82 Å². The fourth-order valence-corrected chi connectivity index (χ4v) is 1.94. The highest BCUT2D eigenvalue weighted by Gasteiger charge is 2.00. The number of nitrogens with zero attached hydrogens (tertiary/aromatic N) is 2. The Morgan fingerprint density at radius 3 is 2.83 bits per heavy atom. The molecular weight excluding hydrogens is 229 g/mol. The molecule has 0 saturated carbocycles. The molecule has 1 N–H and O–H groups in total. The van der Waals surface area contributed by atoms with Crippen LogP contribution in [0.5, 0.6) is 0 Å². The van der Waals surface area contributed by atoms with E-state index in [1.807, 2.05) is 32.3 Å². The van der Waals surface area contributed by atoms with Gasteiger partial charge in [0.2, 0.25) is 0 Å². The summed E-state index contributed by atoms with van der Waals surface area (Å²) in [7, 11) is 1.91. The molecule has 0 aliphatic carbocycles. The van der Waals surface area contributed by atoms with Crippen molar-refractivity contribution in [2.45, 2.75) is 19.9 Å². The summed E-state index contributed by atoms with van der Waals surface area (Å²) in [5, 5.41) is 7.62. The molecule has 0 unspecified atom stereocenters. The fourth-order valence-electron chi connectivity index (χ4n) is 1.94. The van der Waals surface area contributed by atoms with E-state index in [9.17, 15) is 4.39 Å². The maximum absolute atomic E-state index is 12.9. The van der Waals surface area contributed by atoms with Crippen molar-refractivity contribution in [2.75, 3.05) is 6.54 Å². The summed E-state index contributed by atoms with van der Waals surface area (Å²) in [6.07, 6.45) is 2.83. The number of hydrogen-bond donors (Lipinski definition) is 1. The van der Waals surface area contributed by atoms with Gasteiger partial charge in [-0.05, 0) is 49.2 Å². The van der Waals surface area contributed by atoms with Gasteiger partial charge in [0, 0.05) is 19.8 Å².